The summed E-state index contributed by atoms with van der Waals surface area (Å²) in [4.78, 5) is 14.2. The normalized spacial score (nSPS) is 10.0. The van der Waals surface area contributed by atoms with E-state index in [9.17, 15) is 9.90 Å². The van der Waals surface area contributed by atoms with E-state index in [1.54, 1.807) is 29.2 Å². The van der Waals surface area contributed by atoms with Crippen LogP contribution in [-0.2, 0) is 11.2 Å². The fourth-order valence-corrected chi connectivity index (χ4v) is 2.22. The van der Waals surface area contributed by atoms with E-state index in [2.05, 4.69) is 6.07 Å². The summed E-state index contributed by atoms with van der Waals surface area (Å²) in [6.45, 7) is 2.34. The molecule has 0 bridgehead atoms. The molecule has 0 aromatic heterocycles. The van der Waals surface area contributed by atoms with E-state index in [4.69, 9.17) is 5.26 Å². The second-order valence-corrected chi connectivity index (χ2v) is 5.14. The van der Waals surface area contributed by atoms with Gasteiger partial charge in [0.25, 0.3) is 0 Å². The van der Waals surface area contributed by atoms with Gasteiger partial charge in [-0.1, -0.05) is 29.8 Å². The lowest BCUT2D eigenvalue weighted by Gasteiger charge is -2.22. The van der Waals surface area contributed by atoms with E-state index in [0.717, 1.165) is 16.8 Å². The molecular weight excluding hydrogens is 276 g/mol. The van der Waals surface area contributed by atoms with Crippen LogP contribution in [0.25, 0.3) is 0 Å². The number of amides is 1. The summed E-state index contributed by atoms with van der Waals surface area (Å²) in [5.41, 5.74) is 2.65. The summed E-state index contributed by atoms with van der Waals surface area (Å²) in [6.07, 6.45) is 0.466. The smallest absolute Gasteiger partial charge is 0.231 e. The van der Waals surface area contributed by atoms with Gasteiger partial charge in [-0.15, -0.1) is 0 Å². The third-order valence-electron chi connectivity index (χ3n) is 3.36. The van der Waals surface area contributed by atoms with Crippen molar-refractivity contribution in [1.29, 1.82) is 5.26 Å². The minimum atomic E-state index is -0.0929. The Kier molecular flexibility index (Phi) is 5.16. The van der Waals surface area contributed by atoms with Gasteiger partial charge in [0.15, 0.2) is 0 Å². The van der Waals surface area contributed by atoms with E-state index >= 15 is 0 Å². The van der Waals surface area contributed by atoms with Crippen molar-refractivity contribution in [2.45, 2.75) is 19.8 Å². The Hall–Kier alpha value is -2.80. The minimum absolute atomic E-state index is 0.0929. The summed E-state index contributed by atoms with van der Waals surface area (Å²) in [5, 5.41) is 18.3. The maximum Gasteiger partial charge on any atom is 0.231 e. The molecule has 0 saturated carbocycles. The van der Waals surface area contributed by atoms with E-state index in [1.165, 1.54) is 0 Å². The van der Waals surface area contributed by atoms with E-state index < -0.39 is 0 Å². The lowest BCUT2D eigenvalue weighted by molar-refractivity contribution is -0.118. The molecular formula is C18H18N2O2. The van der Waals surface area contributed by atoms with Crippen LogP contribution in [0.1, 0.15) is 17.5 Å². The number of aryl methyl sites for hydroxylation is 1. The molecule has 22 heavy (non-hydrogen) atoms. The molecule has 2 rings (SSSR count). The SMILES string of the molecule is Cc1ccc(N(CCC#N)C(=O)Cc2cccc(O)c2)cc1. The van der Waals surface area contributed by atoms with E-state index in [0.29, 0.717) is 6.54 Å². The highest BCUT2D eigenvalue weighted by molar-refractivity contribution is 5.94. The van der Waals surface area contributed by atoms with Crippen molar-refractivity contribution in [3.8, 4) is 11.8 Å². The molecule has 0 aliphatic heterocycles. The van der Waals surface area contributed by atoms with Gasteiger partial charge in [0.2, 0.25) is 5.91 Å². The zero-order valence-corrected chi connectivity index (χ0v) is 12.5. The van der Waals surface area contributed by atoms with Crippen molar-refractivity contribution in [2.24, 2.45) is 0 Å². The molecule has 1 amide bonds. The van der Waals surface area contributed by atoms with Gasteiger partial charge < -0.3 is 10.0 Å². The maximum absolute atomic E-state index is 12.6. The number of carbonyl (C=O) groups excluding carboxylic acids is 1. The zero-order valence-electron chi connectivity index (χ0n) is 12.5. The van der Waals surface area contributed by atoms with Crippen LogP contribution < -0.4 is 4.90 Å². The van der Waals surface area contributed by atoms with Gasteiger partial charge in [0.1, 0.15) is 5.75 Å². The molecule has 0 fully saturated rings. The predicted molar refractivity (Wildman–Crippen MR) is 85.6 cm³/mol. The third kappa shape index (κ3) is 4.10. The van der Waals surface area contributed by atoms with E-state index in [1.807, 2.05) is 31.2 Å². The quantitative estimate of drug-likeness (QED) is 0.921. The Labute approximate surface area is 130 Å². The number of nitriles is 1. The molecule has 4 nitrogen and oxygen atoms in total. The molecule has 0 saturated heterocycles. The lowest BCUT2D eigenvalue weighted by Crippen LogP contribution is -2.33. The van der Waals surface area contributed by atoms with Crippen LogP contribution in [0.3, 0.4) is 0 Å². The second-order valence-electron chi connectivity index (χ2n) is 5.14. The molecule has 1 N–H and O–H groups in total. The standard InChI is InChI=1S/C18H18N2O2/c1-14-6-8-16(9-7-14)20(11-3-10-19)18(22)13-15-4-2-5-17(21)12-15/h2,4-9,12,21H,3,11,13H2,1H3. The first-order valence-corrected chi connectivity index (χ1v) is 7.12. The lowest BCUT2D eigenvalue weighted by atomic mass is 10.1. The van der Waals surface area contributed by atoms with Gasteiger partial charge in [0.05, 0.1) is 18.9 Å². The molecule has 0 unspecified atom stereocenters. The van der Waals surface area contributed by atoms with Crippen molar-refractivity contribution in [2.75, 3.05) is 11.4 Å². The number of hydrogen-bond donors (Lipinski definition) is 1. The summed E-state index contributed by atoms with van der Waals surface area (Å²) in [7, 11) is 0. The van der Waals surface area contributed by atoms with Crippen LogP contribution in [0.5, 0.6) is 5.75 Å². The van der Waals surface area contributed by atoms with Crippen molar-refractivity contribution in [3.05, 3.63) is 59.7 Å². The largest absolute Gasteiger partial charge is 0.508 e. The maximum atomic E-state index is 12.6. The number of carbonyl (C=O) groups is 1. The first-order valence-electron chi connectivity index (χ1n) is 7.12. The fourth-order valence-electron chi connectivity index (χ4n) is 2.22. The van der Waals surface area contributed by atoms with Crippen LogP contribution in [0.2, 0.25) is 0 Å². The molecule has 0 radical (unpaired) electrons. The van der Waals surface area contributed by atoms with Gasteiger partial charge in [-0.2, -0.15) is 5.26 Å². The Morgan fingerprint density at radius 3 is 2.59 bits per heavy atom. The molecule has 0 aliphatic carbocycles. The molecule has 0 spiro atoms. The number of nitrogens with zero attached hydrogens (tertiary/aromatic N) is 2. The predicted octanol–water partition coefficient (Wildman–Crippen LogP) is 3.19. The van der Waals surface area contributed by atoms with Crippen LogP contribution in [0, 0.1) is 18.3 Å². The van der Waals surface area contributed by atoms with Gasteiger partial charge in [-0.3, -0.25) is 4.79 Å². The van der Waals surface area contributed by atoms with Gasteiger partial charge in [-0.05, 0) is 36.8 Å². The number of benzene rings is 2. The van der Waals surface area contributed by atoms with Crippen LogP contribution in [0.15, 0.2) is 48.5 Å². The zero-order chi connectivity index (χ0) is 15.9. The summed E-state index contributed by atoms with van der Waals surface area (Å²) >= 11 is 0. The molecule has 0 aliphatic rings. The molecule has 4 heteroatoms. The number of anilines is 1. The van der Waals surface area contributed by atoms with Crippen molar-refractivity contribution < 1.29 is 9.90 Å². The van der Waals surface area contributed by atoms with Crippen LogP contribution in [0.4, 0.5) is 5.69 Å². The van der Waals surface area contributed by atoms with E-state index in [-0.39, 0.29) is 24.5 Å². The van der Waals surface area contributed by atoms with Crippen molar-refractivity contribution in [3.63, 3.8) is 0 Å². The Morgan fingerprint density at radius 2 is 1.95 bits per heavy atom. The monoisotopic (exact) mass is 294 g/mol. The van der Waals surface area contributed by atoms with Crippen LogP contribution >= 0.6 is 0 Å². The highest BCUT2D eigenvalue weighted by Gasteiger charge is 2.16. The first kappa shape index (κ1) is 15.6. The number of aromatic hydroxyl groups is 1. The third-order valence-corrected chi connectivity index (χ3v) is 3.36. The highest BCUT2D eigenvalue weighted by atomic mass is 16.3. The summed E-state index contributed by atoms with van der Waals surface area (Å²) < 4.78 is 0. The molecule has 112 valence electrons. The number of rotatable bonds is 5. The second kappa shape index (κ2) is 7.28. The number of phenolic OH excluding ortho intramolecular Hbond substituents is 1. The average molecular weight is 294 g/mol. The molecule has 2 aromatic carbocycles. The average Bonchev–Trinajstić information content (AvgIpc) is 2.49. The van der Waals surface area contributed by atoms with Gasteiger partial charge in [-0.25, -0.2) is 0 Å². The van der Waals surface area contributed by atoms with Gasteiger partial charge >= 0.3 is 0 Å². The summed E-state index contributed by atoms with van der Waals surface area (Å²) in [6, 6.07) is 16.4. The van der Waals surface area contributed by atoms with Crippen LogP contribution in [-0.4, -0.2) is 17.6 Å². The minimum Gasteiger partial charge on any atom is -0.508 e. The molecule has 2 aromatic rings. The Morgan fingerprint density at radius 1 is 1.23 bits per heavy atom. The Bertz CT molecular complexity index is 687. The number of hydrogen-bond acceptors (Lipinski definition) is 3. The van der Waals surface area contributed by atoms with Crippen molar-refractivity contribution in [1.82, 2.24) is 0 Å². The molecule has 0 atom stereocenters. The molecule has 0 heterocycles. The first-order chi connectivity index (χ1) is 10.6. The Balaban J connectivity index is 2.19. The summed E-state index contributed by atoms with van der Waals surface area (Å²) in [5.74, 6) is 0.0499. The fraction of sp³-hybridized carbons (Fsp3) is 0.222. The highest BCUT2D eigenvalue weighted by Crippen LogP contribution is 2.18. The topological polar surface area (TPSA) is 64.3 Å². The van der Waals surface area contributed by atoms with Crippen molar-refractivity contribution >= 4 is 11.6 Å². The number of phenols is 1. The van der Waals surface area contributed by atoms with Gasteiger partial charge in [0, 0.05) is 12.2 Å².